The van der Waals surface area contributed by atoms with Crippen molar-refractivity contribution in [2.75, 3.05) is 11.9 Å². The van der Waals surface area contributed by atoms with Gasteiger partial charge in [-0.2, -0.15) is 13.2 Å². The molecule has 0 amide bonds. The summed E-state index contributed by atoms with van der Waals surface area (Å²) in [6, 6.07) is 4.00. The quantitative estimate of drug-likeness (QED) is 0.677. The highest BCUT2D eigenvalue weighted by molar-refractivity contribution is 5.61. The van der Waals surface area contributed by atoms with Gasteiger partial charge in [0, 0.05) is 13.0 Å². The summed E-state index contributed by atoms with van der Waals surface area (Å²) in [5, 5.41) is 13.4. The Bertz CT molecular complexity index is 626. The van der Waals surface area contributed by atoms with Crippen LogP contribution in [0.1, 0.15) is 11.5 Å². The molecular formula is C12H10F3N3O3. The van der Waals surface area contributed by atoms with E-state index in [0.29, 0.717) is 24.4 Å². The Morgan fingerprint density at radius 1 is 1.43 bits per heavy atom. The first kappa shape index (κ1) is 14.8. The minimum Gasteiger partial charge on any atom is -0.469 e. The summed E-state index contributed by atoms with van der Waals surface area (Å²) in [5.74, 6) is 0.621. The molecule has 0 atom stereocenters. The number of aromatic nitrogens is 1. The number of hydrogen-bond acceptors (Lipinski definition) is 5. The van der Waals surface area contributed by atoms with Crippen molar-refractivity contribution in [1.82, 2.24) is 4.98 Å². The normalized spacial score (nSPS) is 11.4. The third-order valence-corrected chi connectivity index (χ3v) is 2.64. The van der Waals surface area contributed by atoms with Crippen LogP contribution in [0, 0.1) is 10.1 Å². The second-order valence-corrected chi connectivity index (χ2v) is 4.10. The lowest BCUT2D eigenvalue weighted by atomic mass is 10.2. The predicted molar refractivity (Wildman–Crippen MR) is 66.8 cm³/mol. The molecule has 0 saturated carbocycles. The average Bonchev–Trinajstić information content (AvgIpc) is 2.90. The van der Waals surface area contributed by atoms with E-state index in [9.17, 15) is 23.3 Å². The Labute approximate surface area is 116 Å². The van der Waals surface area contributed by atoms with Crippen molar-refractivity contribution >= 4 is 11.4 Å². The molecule has 2 aromatic heterocycles. The molecule has 0 fully saturated rings. The molecule has 0 aliphatic carbocycles. The first-order chi connectivity index (χ1) is 9.88. The van der Waals surface area contributed by atoms with Gasteiger partial charge in [0.1, 0.15) is 23.3 Å². The SMILES string of the molecule is O=[N+]([O-])c1cnc(C(F)(F)F)cc1NCCc1ccco1. The molecule has 0 radical (unpaired) electrons. The van der Waals surface area contributed by atoms with Gasteiger partial charge in [0.05, 0.1) is 11.2 Å². The number of hydrogen-bond donors (Lipinski definition) is 1. The van der Waals surface area contributed by atoms with Gasteiger partial charge in [-0.25, -0.2) is 4.98 Å². The maximum absolute atomic E-state index is 12.6. The van der Waals surface area contributed by atoms with Crippen LogP contribution in [-0.4, -0.2) is 16.5 Å². The maximum Gasteiger partial charge on any atom is 0.433 e. The third-order valence-electron chi connectivity index (χ3n) is 2.64. The van der Waals surface area contributed by atoms with Crippen molar-refractivity contribution in [3.8, 4) is 0 Å². The lowest BCUT2D eigenvalue weighted by Crippen LogP contribution is -2.12. The number of nitro groups is 1. The van der Waals surface area contributed by atoms with Gasteiger partial charge in [0.2, 0.25) is 0 Å². The number of nitrogens with one attached hydrogen (secondary N) is 1. The van der Waals surface area contributed by atoms with E-state index in [2.05, 4.69) is 10.3 Å². The lowest BCUT2D eigenvalue weighted by molar-refractivity contribution is -0.384. The minimum atomic E-state index is -4.66. The van der Waals surface area contributed by atoms with Crippen molar-refractivity contribution in [2.24, 2.45) is 0 Å². The van der Waals surface area contributed by atoms with Gasteiger partial charge < -0.3 is 9.73 Å². The summed E-state index contributed by atoms with van der Waals surface area (Å²) in [5.41, 5.74) is -1.93. The zero-order chi connectivity index (χ0) is 15.5. The summed E-state index contributed by atoms with van der Waals surface area (Å²) >= 11 is 0. The van der Waals surface area contributed by atoms with Gasteiger partial charge >= 0.3 is 11.9 Å². The zero-order valence-electron chi connectivity index (χ0n) is 10.6. The van der Waals surface area contributed by atoms with Gasteiger partial charge in [-0.1, -0.05) is 0 Å². The van der Waals surface area contributed by atoms with E-state index in [-0.39, 0.29) is 12.2 Å². The molecule has 2 heterocycles. The smallest absolute Gasteiger partial charge is 0.433 e. The van der Waals surface area contributed by atoms with Crippen LogP contribution in [0.3, 0.4) is 0 Å². The highest BCUT2D eigenvalue weighted by Gasteiger charge is 2.34. The standard InChI is InChI=1S/C12H10F3N3O3/c13-12(14,15)11-6-9(10(7-17-11)18(19)20)16-4-3-8-2-1-5-21-8/h1-2,5-7H,3-4H2,(H,16,17). The van der Waals surface area contributed by atoms with E-state index in [1.807, 2.05) is 0 Å². The largest absolute Gasteiger partial charge is 0.469 e. The lowest BCUT2D eigenvalue weighted by Gasteiger charge is -2.10. The van der Waals surface area contributed by atoms with E-state index in [4.69, 9.17) is 4.42 Å². The van der Waals surface area contributed by atoms with Gasteiger partial charge in [0.15, 0.2) is 0 Å². The molecule has 0 aliphatic heterocycles. The second kappa shape index (κ2) is 5.81. The van der Waals surface area contributed by atoms with Gasteiger partial charge in [-0.3, -0.25) is 10.1 Å². The van der Waals surface area contributed by atoms with E-state index in [0.717, 1.165) is 0 Å². The molecule has 9 heteroatoms. The summed E-state index contributed by atoms with van der Waals surface area (Å²) in [6.45, 7) is 0.190. The van der Waals surface area contributed by atoms with E-state index >= 15 is 0 Å². The molecular weight excluding hydrogens is 291 g/mol. The van der Waals surface area contributed by atoms with Crippen LogP contribution in [0.4, 0.5) is 24.5 Å². The zero-order valence-corrected chi connectivity index (χ0v) is 10.6. The Kier molecular flexibility index (Phi) is 4.10. The number of rotatable bonds is 5. The molecule has 0 saturated heterocycles. The van der Waals surface area contributed by atoms with Crippen LogP contribution >= 0.6 is 0 Å². The van der Waals surface area contributed by atoms with Crippen molar-refractivity contribution < 1.29 is 22.5 Å². The molecule has 6 nitrogen and oxygen atoms in total. The molecule has 21 heavy (non-hydrogen) atoms. The number of alkyl halides is 3. The number of anilines is 1. The summed E-state index contributed by atoms with van der Waals surface area (Å²) < 4.78 is 42.8. The summed E-state index contributed by atoms with van der Waals surface area (Å²) in [7, 11) is 0. The van der Waals surface area contributed by atoms with Crippen LogP contribution in [0.5, 0.6) is 0 Å². The molecule has 0 spiro atoms. The van der Waals surface area contributed by atoms with Crippen molar-refractivity contribution in [3.63, 3.8) is 0 Å². The third kappa shape index (κ3) is 3.71. The van der Waals surface area contributed by atoms with Crippen molar-refractivity contribution in [2.45, 2.75) is 12.6 Å². The first-order valence-electron chi connectivity index (χ1n) is 5.86. The van der Waals surface area contributed by atoms with Crippen LogP contribution < -0.4 is 5.32 Å². The summed E-state index contributed by atoms with van der Waals surface area (Å²) in [4.78, 5) is 13.1. The van der Waals surface area contributed by atoms with Crippen molar-refractivity contribution in [1.29, 1.82) is 0 Å². The molecule has 112 valence electrons. The first-order valence-corrected chi connectivity index (χ1v) is 5.86. The van der Waals surface area contributed by atoms with Gasteiger partial charge in [-0.15, -0.1) is 0 Å². The predicted octanol–water partition coefficient (Wildman–Crippen LogP) is 3.26. The van der Waals surface area contributed by atoms with Crippen molar-refractivity contribution in [3.05, 3.63) is 52.2 Å². The Morgan fingerprint density at radius 3 is 2.76 bits per heavy atom. The van der Waals surface area contributed by atoms with E-state index < -0.39 is 22.5 Å². The monoisotopic (exact) mass is 301 g/mol. The highest BCUT2D eigenvalue weighted by Crippen LogP contribution is 2.32. The molecule has 2 rings (SSSR count). The van der Waals surface area contributed by atoms with Crippen LogP contribution in [0.2, 0.25) is 0 Å². The topological polar surface area (TPSA) is 81.2 Å². The molecule has 0 unspecified atom stereocenters. The number of halogens is 3. The number of nitrogens with zero attached hydrogens (tertiary/aromatic N) is 2. The van der Waals surface area contributed by atoms with Crippen LogP contribution in [0.15, 0.2) is 35.1 Å². The Balaban J connectivity index is 2.16. The molecule has 0 aromatic carbocycles. The van der Waals surface area contributed by atoms with Crippen LogP contribution in [-0.2, 0) is 12.6 Å². The van der Waals surface area contributed by atoms with E-state index in [1.165, 1.54) is 6.26 Å². The molecule has 0 bridgehead atoms. The van der Waals surface area contributed by atoms with Crippen LogP contribution in [0.25, 0.3) is 0 Å². The fourth-order valence-corrected chi connectivity index (χ4v) is 1.67. The summed E-state index contributed by atoms with van der Waals surface area (Å²) in [6.07, 6.45) is -2.22. The fourth-order valence-electron chi connectivity index (χ4n) is 1.67. The maximum atomic E-state index is 12.6. The second-order valence-electron chi connectivity index (χ2n) is 4.10. The highest BCUT2D eigenvalue weighted by atomic mass is 19.4. The average molecular weight is 301 g/mol. The van der Waals surface area contributed by atoms with Gasteiger partial charge in [0.25, 0.3) is 0 Å². The van der Waals surface area contributed by atoms with E-state index in [1.54, 1.807) is 12.1 Å². The Morgan fingerprint density at radius 2 is 2.19 bits per heavy atom. The van der Waals surface area contributed by atoms with Gasteiger partial charge in [-0.05, 0) is 18.2 Å². The number of furan rings is 1. The minimum absolute atomic E-state index is 0.190. The number of pyridine rings is 1. The molecule has 0 aliphatic rings. The fraction of sp³-hybridized carbons (Fsp3) is 0.250. The molecule has 1 N–H and O–H groups in total. The Hall–Kier alpha value is -2.58. The molecule has 2 aromatic rings.